The lowest BCUT2D eigenvalue weighted by Crippen LogP contribution is -2.29. The average Bonchev–Trinajstić information content (AvgIpc) is 2.62. The molecule has 100 valence electrons. The van der Waals surface area contributed by atoms with Crippen molar-refractivity contribution in [1.29, 1.82) is 0 Å². The minimum Gasteiger partial charge on any atom is -0.376 e. The molecule has 2 N–H and O–H groups in total. The second kappa shape index (κ2) is 5.09. The van der Waals surface area contributed by atoms with Crippen LogP contribution < -0.4 is 10.6 Å². The standard InChI is InChI=1S/C13H15N3O3/c1-3-14-11(17)7-15-8-4-5-9-10(6-8)13(19)16(2)12(9)18/h4-6,15H,3,7H2,1-2H3,(H,14,17). The van der Waals surface area contributed by atoms with Gasteiger partial charge in [-0.25, -0.2) is 0 Å². The molecule has 19 heavy (non-hydrogen) atoms. The molecule has 0 aliphatic carbocycles. The second-order valence-electron chi connectivity index (χ2n) is 4.24. The predicted octanol–water partition coefficient (Wildman–Crippen LogP) is 0.460. The molecule has 0 aromatic heterocycles. The van der Waals surface area contributed by atoms with E-state index in [0.717, 1.165) is 4.90 Å². The molecule has 6 nitrogen and oxygen atoms in total. The van der Waals surface area contributed by atoms with E-state index in [2.05, 4.69) is 10.6 Å². The highest BCUT2D eigenvalue weighted by molar-refractivity contribution is 6.21. The van der Waals surface area contributed by atoms with Gasteiger partial charge in [-0.05, 0) is 25.1 Å². The van der Waals surface area contributed by atoms with Gasteiger partial charge in [0.2, 0.25) is 5.91 Å². The lowest BCUT2D eigenvalue weighted by atomic mass is 10.1. The zero-order valence-electron chi connectivity index (χ0n) is 10.8. The monoisotopic (exact) mass is 261 g/mol. The number of likely N-dealkylation sites (N-methyl/N-ethyl adjacent to an activating group) is 1. The maximum atomic E-state index is 11.8. The summed E-state index contributed by atoms with van der Waals surface area (Å²) < 4.78 is 0. The normalized spacial score (nSPS) is 13.5. The number of nitrogens with one attached hydrogen (secondary N) is 2. The minimum atomic E-state index is -0.318. The molecule has 1 aromatic rings. The topological polar surface area (TPSA) is 78.5 Å². The van der Waals surface area contributed by atoms with Gasteiger partial charge in [0.25, 0.3) is 11.8 Å². The largest absolute Gasteiger partial charge is 0.376 e. The van der Waals surface area contributed by atoms with E-state index in [-0.39, 0.29) is 24.3 Å². The highest BCUT2D eigenvalue weighted by atomic mass is 16.2. The SMILES string of the molecule is CCNC(=O)CNc1ccc2c(c1)C(=O)N(C)C2=O. The van der Waals surface area contributed by atoms with Gasteiger partial charge in [-0.1, -0.05) is 0 Å². The highest BCUT2D eigenvalue weighted by Crippen LogP contribution is 2.24. The van der Waals surface area contributed by atoms with Crippen LogP contribution in [0, 0.1) is 0 Å². The third-order valence-electron chi connectivity index (χ3n) is 2.92. The maximum absolute atomic E-state index is 11.8. The molecule has 0 saturated heterocycles. The number of anilines is 1. The number of nitrogens with zero attached hydrogens (tertiary/aromatic N) is 1. The van der Waals surface area contributed by atoms with E-state index in [9.17, 15) is 14.4 Å². The third-order valence-corrected chi connectivity index (χ3v) is 2.92. The first-order chi connectivity index (χ1) is 9.04. The third kappa shape index (κ3) is 2.42. The molecule has 0 spiro atoms. The number of carbonyl (C=O) groups is 3. The van der Waals surface area contributed by atoms with Gasteiger partial charge in [-0.15, -0.1) is 0 Å². The Hall–Kier alpha value is -2.37. The van der Waals surface area contributed by atoms with Crippen LogP contribution in [0.3, 0.4) is 0 Å². The summed E-state index contributed by atoms with van der Waals surface area (Å²) in [6.07, 6.45) is 0. The molecular formula is C13H15N3O3. The van der Waals surface area contributed by atoms with Crippen LogP contribution >= 0.6 is 0 Å². The second-order valence-corrected chi connectivity index (χ2v) is 4.24. The van der Waals surface area contributed by atoms with Gasteiger partial charge in [-0.3, -0.25) is 19.3 Å². The number of benzene rings is 1. The molecule has 0 radical (unpaired) electrons. The van der Waals surface area contributed by atoms with E-state index in [4.69, 9.17) is 0 Å². The number of hydrogen-bond acceptors (Lipinski definition) is 4. The van der Waals surface area contributed by atoms with E-state index < -0.39 is 0 Å². The Kier molecular flexibility index (Phi) is 3.50. The first-order valence-electron chi connectivity index (χ1n) is 6.01. The van der Waals surface area contributed by atoms with E-state index in [1.165, 1.54) is 7.05 Å². The van der Waals surface area contributed by atoms with Gasteiger partial charge in [-0.2, -0.15) is 0 Å². The summed E-state index contributed by atoms with van der Waals surface area (Å²) in [5.41, 5.74) is 1.41. The van der Waals surface area contributed by atoms with Crippen LogP contribution in [0.2, 0.25) is 0 Å². The zero-order valence-corrected chi connectivity index (χ0v) is 10.8. The zero-order chi connectivity index (χ0) is 14.0. The summed E-state index contributed by atoms with van der Waals surface area (Å²) in [5.74, 6) is -0.737. The molecule has 0 fully saturated rings. The van der Waals surface area contributed by atoms with E-state index in [1.807, 2.05) is 6.92 Å². The van der Waals surface area contributed by atoms with Crippen LogP contribution in [0.1, 0.15) is 27.6 Å². The molecule has 1 heterocycles. The predicted molar refractivity (Wildman–Crippen MR) is 70.0 cm³/mol. The molecule has 3 amide bonds. The molecule has 1 aromatic carbocycles. The smallest absolute Gasteiger partial charge is 0.261 e. The van der Waals surface area contributed by atoms with E-state index in [0.29, 0.717) is 23.4 Å². The van der Waals surface area contributed by atoms with Gasteiger partial charge in [0, 0.05) is 19.3 Å². The van der Waals surface area contributed by atoms with E-state index in [1.54, 1.807) is 18.2 Å². The van der Waals surface area contributed by atoms with Gasteiger partial charge < -0.3 is 10.6 Å². The summed E-state index contributed by atoms with van der Waals surface area (Å²) in [5, 5.41) is 5.58. The maximum Gasteiger partial charge on any atom is 0.261 e. The minimum absolute atomic E-state index is 0.123. The number of amides is 3. The van der Waals surface area contributed by atoms with Crippen molar-refractivity contribution in [2.24, 2.45) is 0 Å². The Morgan fingerprint density at radius 1 is 1.21 bits per heavy atom. The van der Waals surface area contributed by atoms with Crippen molar-refractivity contribution < 1.29 is 14.4 Å². The van der Waals surface area contributed by atoms with Gasteiger partial charge in [0.15, 0.2) is 0 Å². The van der Waals surface area contributed by atoms with Crippen LogP contribution in [-0.2, 0) is 4.79 Å². The molecule has 6 heteroatoms. The highest BCUT2D eigenvalue weighted by Gasteiger charge is 2.32. The molecule has 0 bridgehead atoms. The molecule has 0 unspecified atom stereocenters. The van der Waals surface area contributed by atoms with Crippen LogP contribution in [0.5, 0.6) is 0 Å². The molecule has 0 atom stereocenters. The van der Waals surface area contributed by atoms with Gasteiger partial charge in [0.1, 0.15) is 0 Å². The molecule has 1 aliphatic rings. The first-order valence-corrected chi connectivity index (χ1v) is 6.01. The van der Waals surface area contributed by atoms with Crippen LogP contribution in [-0.4, -0.2) is 42.8 Å². The summed E-state index contributed by atoms with van der Waals surface area (Å²) in [4.78, 5) is 35.9. The Labute approximate surface area is 110 Å². The summed E-state index contributed by atoms with van der Waals surface area (Å²) in [6.45, 7) is 2.54. The lowest BCUT2D eigenvalue weighted by molar-refractivity contribution is -0.119. The molecule has 2 rings (SSSR count). The van der Waals surface area contributed by atoms with Crippen LogP contribution in [0.4, 0.5) is 5.69 Å². The van der Waals surface area contributed by atoms with Crippen molar-refractivity contribution in [2.75, 3.05) is 25.5 Å². The van der Waals surface area contributed by atoms with Crippen LogP contribution in [0.25, 0.3) is 0 Å². The Morgan fingerprint density at radius 3 is 2.58 bits per heavy atom. The van der Waals surface area contributed by atoms with Crippen molar-refractivity contribution in [1.82, 2.24) is 10.2 Å². The number of imide groups is 1. The number of fused-ring (bicyclic) bond motifs is 1. The van der Waals surface area contributed by atoms with Crippen molar-refractivity contribution >= 4 is 23.4 Å². The number of carbonyl (C=O) groups excluding carboxylic acids is 3. The summed E-state index contributed by atoms with van der Waals surface area (Å²) in [6, 6.07) is 4.87. The lowest BCUT2D eigenvalue weighted by Gasteiger charge is -2.07. The average molecular weight is 261 g/mol. The molecule has 0 saturated carbocycles. The first kappa shape index (κ1) is 13.1. The summed E-state index contributed by atoms with van der Waals surface area (Å²) >= 11 is 0. The van der Waals surface area contributed by atoms with Crippen molar-refractivity contribution in [3.8, 4) is 0 Å². The van der Waals surface area contributed by atoms with Gasteiger partial charge >= 0.3 is 0 Å². The fourth-order valence-corrected chi connectivity index (χ4v) is 1.91. The number of rotatable bonds is 4. The number of hydrogen-bond donors (Lipinski definition) is 2. The van der Waals surface area contributed by atoms with Crippen molar-refractivity contribution in [2.45, 2.75) is 6.92 Å². The molecular weight excluding hydrogens is 246 g/mol. The Bertz CT molecular complexity index is 554. The van der Waals surface area contributed by atoms with Crippen LogP contribution in [0.15, 0.2) is 18.2 Å². The summed E-state index contributed by atoms with van der Waals surface area (Å²) in [7, 11) is 1.45. The fourth-order valence-electron chi connectivity index (χ4n) is 1.91. The Morgan fingerprint density at radius 2 is 1.89 bits per heavy atom. The Balaban J connectivity index is 2.13. The van der Waals surface area contributed by atoms with Crippen molar-refractivity contribution in [3.05, 3.63) is 29.3 Å². The molecule has 1 aliphatic heterocycles. The fraction of sp³-hybridized carbons (Fsp3) is 0.308. The van der Waals surface area contributed by atoms with Gasteiger partial charge in [0.05, 0.1) is 17.7 Å². The van der Waals surface area contributed by atoms with E-state index >= 15 is 0 Å². The van der Waals surface area contributed by atoms with Crippen molar-refractivity contribution in [3.63, 3.8) is 0 Å². The quantitative estimate of drug-likeness (QED) is 0.772.